The molecule has 25 heavy (non-hydrogen) atoms. The molecule has 3 rings (SSSR count). The fraction of sp³-hybridized carbons (Fsp3) is 0.391. The summed E-state index contributed by atoms with van der Waals surface area (Å²) in [5.74, 6) is 0. The van der Waals surface area contributed by atoms with E-state index in [2.05, 4.69) is 67.3 Å². The van der Waals surface area contributed by atoms with E-state index < -0.39 is 6.10 Å². The van der Waals surface area contributed by atoms with Gasteiger partial charge in [0.25, 0.3) is 0 Å². The first-order valence-corrected chi connectivity index (χ1v) is 9.39. The van der Waals surface area contributed by atoms with Crippen LogP contribution in [0.1, 0.15) is 44.8 Å². The third-order valence-corrected chi connectivity index (χ3v) is 5.08. The average Bonchev–Trinajstić information content (AvgIpc) is 2.65. The predicted octanol–water partition coefficient (Wildman–Crippen LogP) is 5.25. The van der Waals surface area contributed by atoms with Crippen LogP contribution >= 0.6 is 0 Å². The molecular formula is C23H29NO. The Bertz CT molecular complexity index is 760. The number of aliphatic hydroxyl groups is 1. The molecule has 2 aromatic carbocycles. The molecule has 0 unspecified atom stereocenters. The monoisotopic (exact) mass is 335 g/mol. The number of fused-ring (bicyclic) bond motifs is 1. The zero-order valence-corrected chi connectivity index (χ0v) is 15.4. The molecule has 1 N–H and O–H groups in total. The van der Waals surface area contributed by atoms with Gasteiger partial charge in [-0.15, -0.1) is 0 Å². The van der Waals surface area contributed by atoms with Gasteiger partial charge in [0.2, 0.25) is 0 Å². The summed E-state index contributed by atoms with van der Waals surface area (Å²) in [5.41, 5.74) is 2.51. The predicted molar refractivity (Wildman–Crippen MR) is 107 cm³/mol. The van der Waals surface area contributed by atoms with E-state index in [1.165, 1.54) is 16.3 Å². The Labute approximate surface area is 151 Å². The smallest absolute Gasteiger partial charge is 0.0802 e. The van der Waals surface area contributed by atoms with Crippen molar-refractivity contribution in [3.63, 3.8) is 0 Å². The minimum Gasteiger partial charge on any atom is -0.388 e. The van der Waals surface area contributed by atoms with Crippen molar-refractivity contribution in [3.05, 3.63) is 71.8 Å². The second kappa shape index (κ2) is 8.46. The molecule has 0 bridgehead atoms. The fourth-order valence-electron chi connectivity index (χ4n) is 3.43. The topological polar surface area (TPSA) is 23.5 Å². The van der Waals surface area contributed by atoms with Crippen LogP contribution in [-0.2, 0) is 0 Å². The van der Waals surface area contributed by atoms with Crippen LogP contribution in [0.4, 0.5) is 0 Å². The lowest BCUT2D eigenvalue weighted by molar-refractivity contribution is 0.134. The third kappa shape index (κ3) is 4.81. The fourth-order valence-corrected chi connectivity index (χ4v) is 3.43. The van der Waals surface area contributed by atoms with Crippen molar-refractivity contribution in [1.82, 2.24) is 4.90 Å². The lowest BCUT2D eigenvalue weighted by atomic mass is 10.0. The standard InChI is InChI=1S/C23H29NO/c1-18(2)24(17-19-8-4-3-5-9-19)15-14-23(25)22-13-12-20-10-6-7-11-21(20)16-22/h3-4,6-8,10-13,16,18,23,25H,5,9,14-15,17H2,1-2H3/t23-/m0/s1. The van der Waals surface area contributed by atoms with Crippen LogP contribution in [0, 0.1) is 0 Å². The Morgan fingerprint density at radius 3 is 2.60 bits per heavy atom. The van der Waals surface area contributed by atoms with Crippen molar-refractivity contribution in [2.24, 2.45) is 0 Å². The van der Waals surface area contributed by atoms with Crippen molar-refractivity contribution in [2.45, 2.75) is 45.3 Å². The maximum atomic E-state index is 10.7. The van der Waals surface area contributed by atoms with Gasteiger partial charge < -0.3 is 5.11 Å². The number of hydrogen-bond acceptors (Lipinski definition) is 2. The molecule has 0 amide bonds. The Morgan fingerprint density at radius 1 is 1.08 bits per heavy atom. The van der Waals surface area contributed by atoms with Gasteiger partial charge in [-0.05, 0) is 55.5 Å². The molecule has 0 heterocycles. The van der Waals surface area contributed by atoms with E-state index in [9.17, 15) is 5.11 Å². The highest BCUT2D eigenvalue weighted by molar-refractivity contribution is 5.83. The molecule has 2 heteroatoms. The zero-order chi connectivity index (χ0) is 17.6. The number of rotatable bonds is 7. The van der Waals surface area contributed by atoms with E-state index in [-0.39, 0.29) is 0 Å². The summed E-state index contributed by atoms with van der Waals surface area (Å²) in [5, 5.41) is 13.1. The third-order valence-electron chi connectivity index (χ3n) is 5.08. The Kier molecular flexibility index (Phi) is 6.06. The van der Waals surface area contributed by atoms with Crippen molar-refractivity contribution < 1.29 is 5.11 Å². The number of nitrogens with zero attached hydrogens (tertiary/aromatic N) is 1. The number of benzene rings is 2. The van der Waals surface area contributed by atoms with E-state index in [0.717, 1.165) is 37.9 Å². The Balaban J connectivity index is 1.62. The van der Waals surface area contributed by atoms with Gasteiger partial charge in [-0.1, -0.05) is 60.2 Å². The van der Waals surface area contributed by atoms with E-state index in [1.54, 1.807) is 0 Å². The van der Waals surface area contributed by atoms with Gasteiger partial charge >= 0.3 is 0 Å². The van der Waals surface area contributed by atoms with Crippen LogP contribution in [0.5, 0.6) is 0 Å². The summed E-state index contributed by atoms with van der Waals surface area (Å²) in [6.07, 6.45) is 9.31. The van der Waals surface area contributed by atoms with Crippen molar-refractivity contribution in [3.8, 4) is 0 Å². The summed E-state index contributed by atoms with van der Waals surface area (Å²) in [7, 11) is 0. The van der Waals surface area contributed by atoms with Crippen LogP contribution < -0.4 is 0 Å². The van der Waals surface area contributed by atoms with Crippen molar-refractivity contribution in [1.29, 1.82) is 0 Å². The molecule has 0 aromatic heterocycles. The van der Waals surface area contributed by atoms with E-state index in [1.807, 2.05) is 12.1 Å². The second-order valence-electron chi connectivity index (χ2n) is 7.27. The highest BCUT2D eigenvalue weighted by atomic mass is 16.3. The number of hydrogen-bond donors (Lipinski definition) is 1. The largest absolute Gasteiger partial charge is 0.388 e. The van der Waals surface area contributed by atoms with Gasteiger partial charge in [-0.25, -0.2) is 0 Å². The van der Waals surface area contributed by atoms with Crippen molar-refractivity contribution in [2.75, 3.05) is 13.1 Å². The summed E-state index contributed by atoms with van der Waals surface area (Å²) < 4.78 is 0. The summed E-state index contributed by atoms with van der Waals surface area (Å²) in [6.45, 7) is 6.39. The van der Waals surface area contributed by atoms with Crippen molar-refractivity contribution >= 4 is 10.8 Å². The van der Waals surface area contributed by atoms with Crippen LogP contribution in [0.25, 0.3) is 10.8 Å². The van der Waals surface area contributed by atoms with Gasteiger partial charge in [-0.3, -0.25) is 4.90 Å². The molecular weight excluding hydrogens is 306 g/mol. The average molecular weight is 335 g/mol. The Hall–Kier alpha value is -1.90. The first-order valence-electron chi connectivity index (χ1n) is 9.39. The summed E-state index contributed by atoms with van der Waals surface area (Å²) >= 11 is 0. The van der Waals surface area contributed by atoms with Gasteiger partial charge in [-0.2, -0.15) is 0 Å². The minimum atomic E-state index is -0.411. The summed E-state index contributed by atoms with van der Waals surface area (Å²) in [4.78, 5) is 2.47. The highest BCUT2D eigenvalue weighted by Crippen LogP contribution is 2.23. The first kappa shape index (κ1) is 17.9. The molecule has 0 saturated carbocycles. The van der Waals surface area contributed by atoms with Crippen LogP contribution in [-0.4, -0.2) is 29.1 Å². The molecule has 1 aliphatic carbocycles. The molecule has 0 radical (unpaired) electrons. The van der Waals surface area contributed by atoms with Crippen LogP contribution in [0.3, 0.4) is 0 Å². The van der Waals surface area contributed by atoms with E-state index in [0.29, 0.717) is 6.04 Å². The van der Waals surface area contributed by atoms with Gasteiger partial charge in [0.05, 0.1) is 6.10 Å². The zero-order valence-electron chi connectivity index (χ0n) is 15.4. The Morgan fingerprint density at radius 2 is 1.88 bits per heavy atom. The maximum Gasteiger partial charge on any atom is 0.0802 e. The summed E-state index contributed by atoms with van der Waals surface area (Å²) in [6, 6.07) is 15.1. The van der Waals surface area contributed by atoms with Gasteiger partial charge in [0.15, 0.2) is 0 Å². The SMILES string of the molecule is CC(C)N(CC[C@H](O)c1ccc2ccccc2c1)CC1=CC=CCC1. The second-order valence-corrected chi connectivity index (χ2v) is 7.27. The molecule has 2 aromatic rings. The van der Waals surface area contributed by atoms with Crippen LogP contribution in [0.2, 0.25) is 0 Å². The molecule has 0 fully saturated rings. The molecule has 0 saturated heterocycles. The lowest BCUT2D eigenvalue weighted by Gasteiger charge is -2.29. The van der Waals surface area contributed by atoms with Gasteiger partial charge in [0.1, 0.15) is 0 Å². The number of aliphatic hydroxyl groups excluding tert-OH is 1. The number of allylic oxidation sites excluding steroid dienone is 3. The normalized spacial score (nSPS) is 15.8. The maximum absolute atomic E-state index is 10.7. The minimum absolute atomic E-state index is 0.411. The molecule has 132 valence electrons. The molecule has 0 aliphatic heterocycles. The molecule has 0 spiro atoms. The first-order chi connectivity index (χ1) is 12.1. The molecule has 2 nitrogen and oxygen atoms in total. The highest BCUT2D eigenvalue weighted by Gasteiger charge is 2.15. The lowest BCUT2D eigenvalue weighted by Crippen LogP contribution is -2.34. The van der Waals surface area contributed by atoms with E-state index in [4.69, 9.17) is 0 Å². The van der Waals surface area contributed by atoms with Gasteiger partial charge in [0, 0.05) is 19.1 Å². The van der Waals surface area contributed by atoms with Crippen LogP contribution in [0.15, 0.2) is 66.3 Å². The quantitative estimate of drug-likeness (QED) is 0.747. The molecule has 1 atom stereocenters. The molecule has 1 aliphatic rings. The van der Waals surface area contributed by atoms with E-state index >= 15 is 0 Å².